The van der Waals surface area contributed by atoms with Crippen molar-refractivity contribution in [3.8, 4) is 5.75 Å². The van der Waals surface area contributed by atoms with Crippen LogP contribution in [0.25, 0.3) is 0 Å². The van der Waals surface area contributed by atoms with Gasteiger partial charge in [-0.15, -0.1) is 0 Å². The highest BCUT2D eigenvalue weighted by Crippen LogP contribution is 2.25. The predicted molar refractivity (Wildman–Crippen MR) is 99.2 cm³/mol. The number of hydrogen-bond acceptors (Lipinski definition) is 2. The van der Waals surface area contributed by atoms with Crippen LogP contribution >= 0.6 is 0 Å². The Morgan fingerprint density at radius 1 is 1.16 bits per heavy atom. The Kier molecular flexibility index (Phi) is 5.56. The number of nitrogens with one attached hydrogen (secondary N) is 2. The van der Waals surface area contributed by atoms with Crippen molar-refractivity contribution in [1.29, 1.82) is 0 Å². The van der Waals surface area contributed by atoms with Crippen LogP contribution in [0, 0.1) is 6.92 Å². The lowest BCUT2D eigenvalue weighted by Crippen LogP contribution is -3.13. The molecule has 0 atom stereocenters. The molecular formula is C20H26N3O2+. The minimum absolute atomic E-state index is 0.0531. The van der Waals surface area contributed by atoms with Crippen molar-refractivity contribution in [2.45, 2.75) is 13.5 Å². The van der Waals surface area contributed by atoms with Gasteiger partial charge in [-0.3, -0.25) is 0 Å². The maximum absolute atomic E-state index is 12.6. The average molecular weight is 340 g/mol. The predicted octanol–water partition coefficient (Wildman–Crippen LogP) is 1.94. The fourth-order valence-corrected chi connectivity index (χ4v) is 3.20. The molecule has 1 fully saturated rings. The second kappa shape index (κ2) is 8.03. The number of nitrogens with zero attached hydrogens (tertiary/aromatic N) is 1. The Morgan fingerprint density at radius 2 is 1.88 bits per heavy atom. The SMILES string of the molecule is COc1ccc(C)cc1NC(=O)N1CC[NH+](Cc2ccccc2)CC1. The standard InChI is InChI=1S/C20H25N3O2/c1-16-8-9-19(25-2)18(14-16)21-20(24)23-12-10-22(11-13-23)15-17-6-4-3-5-7-17/h3-9,14H,10-13,15H2,1-2H3,(H,21,24)/p+1. The molecule has 0 saturated carbocycles. The van der Waals surface area contributed by atoms with Crippen molar-refractivity contribution in [3.05, 3.63) is 59.7 Å². The van der Waals surface area contributed by atoms with Gasteiger partial charge in [-0.2, -0.15) is 0 Å². The largest absolute Gasteiger partial charge is 0.495 e. The normalized spacial score (nSPS) is 15.0. The van der Waals surface area contributed by atoms with E-state index in [1.807, 2.05) is 36.1 Å². The summed E-state index contributed by atoms with van der Waals surface area (Å²) in [5.74, 6) is 0.687. The second-order valence-electron chi connectivity index (χ2n) is 6.53. The first kappa shape index (κ1) is 17.3. The molecule has 2 aromatic carbocycles. The molecule has 0 bridgehead atoms. The van der Waals surface area contributed by atoms with Gasteiger partial charge < -0.3 is 19.9 Å². The molecule has 0 aliphatic carbocycles. The Balaban J connectivity index is 1.54. The number of carbonyl (C=O) groups excluding carboxylic acids is 1. The van der Waals surface area contributed by atoms with Gasteiger partial charge in [0.2, 0.25) is 0 Å². The van der Waals surface area contributed by atoms with Gasteiger partial charge in [0.05, 0.1) is 39.0 Å². The number of ether oxygens (including phenoxy) is 1. The summed E-state index contributed by atoms with van der Waals surface area (Å²) >= 11 is 0. The molecule has 1 heterocycles. The van der Waals surface area contributed by atoms with Crippen LogP contribution in [-0.4, -0.2) is 44.2 Å². The summed E-state index contributed by atoms with van der Waals surface area (Å²) in [6.07, 6.45) is 0. The molecule has 5 nitrogen and oxygen atoms in total. The molecule has 1 saturated heterocycles. The van der Waals surface area contributed by atoms with Crippen LogP contribution in [0.15, 0.2) is 48.5 Å². The first-order valence-corrected chi connectivity index (χ1v) is 8.74. The Morgan fingerprint density at radius 3 is 2.56 bits per heavy atom. The van der Waals surface area contributed by atoms with Crippen molar-refractivity contribution in [2.24, 2.45) is 0 Å². The fraction of sp³-hybridized carbons (Fsp3) is 0.350. The number of rotatable bonds is 4. The van der Waals surface area contributed by atoms with E-state index >= 15 is 0 Å². The smallest absolute Gasteiger partial charge is 0.322 e. The van der Waals surface area contributed by atoms with Crippen molar-refractivity contribution < 1.29 is 14.4 Å². The minimum Gasteiger partial charge on any atom is -0.495 e. The lowest BCUT2D eigenvalue weighted by atomic mass is 10.2. The zero-order valence-electron chi connectivity index (χ0n) is 14.9. The van der Waals surface area contributed by atoms with Crippen LogP contribution in [0.4, 0.5) is 10.5 Å². The van der Waals surface area contributed by atoms with E-state index in [9.17, 15) is 4.79 Å². The van der Waals surface area contributed by atoms with E-state index < -0.39 is 0 Å². The number of piperazine rings is 1. The van der Waals surface area contributed by atoms with Crippen LogP contribution in [0.5, 0.6) is 5.75 Å². The van der Waals surface area contributed by atoms with Crippen LogP contribution < -0.4 is 15.0 Å². The molecule has 0 spiro atoms. The number of anilines is 1. The third-order valence-corrected chi connectivity index (χ3v) is 4.65. The van der Waals surface area contributed by atoms with Crippen molar-refractivity contribution in [2.75, 3.05) is 38.6 Å². The van der Waals surface area contributed by atoms with E-state index in [1.165, 1.54) is 10.5 Å². The average Bonchev–Trinajstić information content (AvgIpc) is 2.63. The lowest BCUT2D eigenvalue weighted by Gasteiger charge is -2.32. The molecule has 2 N–H and O–H groups in total. The summed E-state index contributed by atoms with van der Waals surface area (Å²) in [5, 5.41) is 2.99. The number of quaternary nitrogens is 1. The quantitative estimate of drug-likeness (QED) is 0.893. The summed E-state index contributed by atoms with van der Waals surface area (Å²) in [6, 6.07) is 16.3. The first-order valence-electron chi connectivity index (χ1n) is 8.74. The molecule has 0 radical (unpaired) electrons. The van der Waals surface area contributed by atoms with E-state index in [0.717, 1.165) is 44.0 Å². The molecular weight excluding hydrogens is 314 g/mol. The molecule has 1 aliphatic rings. The number of amides is 2. The maximum atomic E-state index is 12.6. The lowest BCUT2D eigenvalue weighted by molar-refractivity contribution is -0.917. The number of benzene rings is 2. The Bertz CT molecular complexity index is 710. The summed E-state index contributed by atoms with van der Waals surface area (Å²) in [4.78, 5) is 16.0. The van der Waals surface area contributed by atoms with Gasteiger partial charge in [-0.25, -0.2) is 4.79 Å². The van der Waals surface area contributed by atoms with Crippen molar-refractivity contribution in [1.82, 2.24) is 4.90 Å². The minimum atomic E-state index is -0.0531. The van der Waals surface area contributed by atoms with Crippen molar-refractivity contribution in [3.63, 3.8) is 0 Å². The molecule has 0 aromatic heterocycles. The third-order valence-electron chi connectivity index (χ3n) is 4.65. The van der Waals surface area contributed by atoms with Gasteiger partial charge in [0.25, 0.3) is 0 Å². The first-order chi connectivity index (χ1) is 12.2. The highest BCUT2D eigenvalue weighted by molar-refractivity contribution is 5.91. The van der Waals surface area contributed by atoms with E-state index in [0.29, 0.717) is 5.75 Å². The summed E-state index contributed by atoms with van der Waals surface area (Å²) in [5.41, 5.74) is 3.17. The maximum Gasteiger partial charge on any atom is 0.322 e. The number of methoxy groups -OCH3 is 1. The van der Waals surface area contributed by atoms with Gasteiger partial charge in [0.1, 0.15) is 12.3 Å². The molecule has 1 aliphatic heterocycles. The van der Waals surface area contributed by atoms with Gasteiger partial charge in [-0.05, 0) is 24.6 Å². The van der Waals surface area contributed by atoms with Gasteiger partial charge >= 0.3 is 6.03 Å². The van der Waals surface area contributed by atoms with E-state index in [1.54, 1.807) is 7.11 Å². The third kappa shape index (κ3) is 4.51. The van der Waals surface area contributed by atoms with Crippen molar-refractivity contribution >= 4 is 11.7 Å². The topological polar surface area (TPSA) is 46.0 Å². The molecule has 25 heavy (non-hydrogen) atoms. The molecule has 2 amide bonds. The molecule has 3 rings (SSSR count). The van der Waals surface area contributed by atoms with E-state index in [-0.39, 0.29) is 6.03 Å². The van der Waals surface area contributed by atoms with Gasteiger partial charge in [0, 0.05) is 5.56 Å². The number of hydrogen-bond donors (Lipinski definition) is 2. The molecule has 5 heteroatoms. The number of carbonyl (C=O) groups is 1. The number of aryl methyl sites for hydroxylation is 1. The summed E-state index contributed by atoms with van der Waals surface area (Å²) in [6.45, 7) is 6.48. The fourth-order valence-electron chi connectivity index (χ4n) is 3.20. The van der Waals surface area contributed by atoms with E-state index in [2.05, 4.69) is 29.6 Å². The zero-order valence-corrected chi connectivity index (χ0v) is 14.9. The monoisotopic (exact) mass is 340 g/mol. The van der Waals surface area contributed by atoms with Crippen LogP contribution in [0.2, 0.25) is 0 Å². The summed E-state index contributed by atoms with van der Waals surface area (Å²) < 4.78 is 5.33. The van der Waals surface area contributed by atoms with E-state index in [4.69, 9.17) is 4.74 Å². The second-order valence-corrected chi connectivity index (χ2v) is 6.53. The van der Waals surface area contributed by atoms with Crippen LogP contribution in [-0.2, 0) is 6.54 Å². The van der Waals surface area contributed by atoms with Crippen LogP contribution in [0.1, 0.15) is 11.1 Å². The zero-order chi connectivity index (χ0) is 17.6. The van der Waals surface area contributed by atoms with Gasteiger partial charge in [-0.1, -0.05) is 36.4 Å². The highest BCUT2D eigenvalue weighted by Gasteiger charge is 2.24. The van der Waals surface area contributed by atoms with Gasteiger partial charge in [0.15, 0.2) is 0 Å². The molecule has 2 aromatic rings. The Labute approximate surface area is 149 Å². The van der Waals surface area contributed by atoms with Crippen LogP contribution in [0.3, 0.4) is 0 Å². The highest BCUT2D eigenvalue weighted by atomic mass is 16.5. The number of urea groups is 1. The molecule has 0 unspecified atom stereocenters. The Hall–Kier alpha value is -2.53. The summed E-state index contributed by atoms with van der Waals surface area (Å²) in [7, 11) is 1.62. The molecule has 132 valence electrons.